The van der Waals surface area contributed by atoms with Gasteiger partial charge < -0.3 is 0 Å². The highest BCUT2D eigenvalue weighted by Crippen LogP contribution is 2.29. The van der Waals surface area contributed by atoms with Gasteiger partial charge >= 0.3 is 0 Å². The molecule has 6 heteroatoms. The number of hydrogen-bond donors (Lipinski definition) is 1. The molecule has 0 unspecified atom stereocenters. The van der Waals surface area contributed by atoms with Crippen LogP contribution < -0.4 is 5.32 Å². The van der Waals surface area contributed by atoms with Crippen LogP contribution >= 0.6 is 39.0 Å². The maximum absolute atomic E-state index is 12.2. The number of carbonyl (C=O) groups is 1. The maximum atomic E-state index is 12.2. The summed E-state index contributed by atoms with van der Waals surface area (Å²) < 4.78 is 1.95. The number of nitrogens with zero attached hydrogens (tertiary/aromatic N) is 1. The standard InChI is InChI=1S/C15H11BrN2OS2/c1-20-11-5-6-12-13(8-11)21-15(17-12)18-14(19)9-3-2-4-10(16)7-9/h2-8H,1H3,(H,17,18,19). The van der Waals surface area contributed by atoms with E-state index in [4.69, 9.17) is 0 Å². The second-order valence-corrected chi connectivity index (χ2v) is 7.14. The Hall–Kier alpha value is -1.37. The molecule has 0 fully saturated rings. The summed E-state index contributed by atoms with van der Waals surface area (Å²) in [6, 6.07) is 13.4. The quantitative estimate of drug-likeness (QED) is 0.649. The number of carbonyl (C=O) groups excluding carboxylic acids is 1. The van der Waals surface area contributed by atoms with Crippen LogP contribution in [0.1, 0.15) is 10.4 Å². The van der Waals surface area contributed by atoms with Crippen LogP contribution in [0, 0.1) is 0 Å². The highest BCUT2D eigenvalue weighted by atomic mass is 79.9. The van der Waals surface area contributed by atoms with E-state index in [-0.39, 0.29) is 5.91 Å². The first-order valence-corrected chi connectivity index (χ1v) is 9.00. The van der Waals surface area contributed by atoms with Crippen molar-refractivity contribution in [3.63, 3.8) is 0 Å². The van der Waals surface area contributed by atoms with Gasteiger partial charge in [-0.2, -0.15) is 0 Å². The average Bonchev–Trinajstić information content (AvgIpc) is 2.88. The van der Waals surface area contributed by atoms with Crippen molar-refractivity contribution >= 4 is 60.3 Å². The first-order chi connectivity index (χ1) is 10.2. The van der Waals surface area contributed by atoms with Gasteiger partial charge in [-0.25, -0.2) is 4.98 Å². The molecule has 0 saturated heterocycles. The number of nitrogens with one attached hydrogen (secondary N) is 1. The van der Waals surface area contributed by atoms with Gasteiger partial charge in [-0.05, 0) is 42.7 Å². The van der Waals surface area contributed by atoms with Crippen molar-refractivity contribution in [2.45, 2.75) is 4.90 Å². The molecule has 106 valence electrons. The lowest BCUT2D eigenvalue weighted by Crippen LogP contribution is -2.11. The fourth-order valence-electron chi connectivity index (χ4n) is 1.88. The Morgan fingerprint density at radius 2 is 2.14 bits per heavy atom. The third-order valence-corrected chi connectivity index (χ3v) is 5.06. The van der Waals surface area contributed by atoms with Crippen LogP contribution in [0.3, 0.4) is 0 Å². The van der Waals surface area contributed by atoms with Crippen LogP contribution in [-0.4, -0.2) is 17.1 Å². The van der Waals surface area contributed by atoms with Crippen LogP contribution in [0.25, 0.3) is 10.2 Å². The highest BCUT2D eigenvalue weighted by Gasteiger charge is 2.10. The number of thioether (sulfide) groups is 1. The molecule has 2 aromatic carbocycles. The fourth-order valence-corrected chi connectivity index (χ4v) is 3.70. The lowest BCUT2D eigenvalue weighted by molar-refractivity contribution is 0.102. The van der Waals surface area contributed by atoms with E-state index in [1.54, 1.807) is 23.9 Å². The minimum absolute atomic E-state index is 0.152. The van der Waals surface area contributed by atoms with Crippen LogP contribution in [0.2, 0.25) is 0 Å². The van der Waals surface area contributed by atoms with Crippen molar-refractivity contribution in [2.24, 2.45) is 0 Å². The van der Waals surface area contributed by atoms with Crippen molar-refractivity contribution in [1.29, 1.82) is 0 Å². The number of benzene rings is 2. The number of fused-ring (bicyclic) bond motifs is 1. The van der Waals surface area contributed by atoms with Gasteiger partial charge in [-0.15, -0.1) is 11.8 Å². The summed E-state index contributed by atoms with van der Waals surface area (Å²) in [4.78, 5) is 17.8. The number of anilines is 1. The van der Waals surface area contributed by atoms with Crippen LogP contribution in [0.4, 0.5) is 5.13 Å². The molecule has 0 atom stereocenters. The topological polar surface area (TPSA) is 42.0 Å². The summed E-state index contributed by atoms with van der Waals surface area (Å²) >= 11 is 6.54. The van der Waals surface area contributed by atoms with Gasteiger partial charge in [0.15, 0.2) is 5.13 Å². The van der Waals surface area contributed by atoms with E-state index in [1.165, 1.54) is 16.2 Å². The Morgan fingerprint density at radius 1 is 1.29 bits per heavy atom. The SMILES string of the molecule is CSc1ccc2nc(NC(=O)c3cccc(Br)c3)sc2c1. The largest absolute Gasteiger partial charge is 0.298 e. The summed E-state index contributed by atoms with van der Waals surface area (Å²) in [5, 5.41) is 3.47. The highest BCUT2D eigenvalue weighted by molar-refractivity contribution is 9.10. The molecule has 0 radical (unpaired) electrons. The molecule has 0 bridgehead atoms. The van der Waals surface area contributed by atoms with E-state index < -0.39 is 0 Å². The van der Waals surface area contributed by atoms with Gasteiger partial charge in [0, 0.05) is 14.9 Å². The maximum Gasteiger partial charge on any atom is 0.257 e. The van der Waals surface area contributed by atoms with Crippen LogP contribution in [0.5, 0.6) is 0 Å². The lowest BCUT2D eigenvalue weighted by atomic mass is 10.2. The Balaban J connectivity index is 1.86. The van der Waals surface area contributed by atoms with Crippen LogP contribution in [-0.2, 0) is 0 Å². The zero-order chi connectivity index (χ0) is 14.8. The van der Waals surface area contributed by atoms with Gasteiger partial charge in [0.2, 0.25) is 0 Å². The molecule has 3 aromatic rings. The fraction of sp³-hybridized carbons (Fsp3) is 0.0667. The minimum Gasteiger partial charge on any atom is -0.298 e. The van der Waals surface area contributed by atoms with Gasteiger partial charge in [0.25, 0.3) is 5.91 Å². The van der Waals surface area contributed by atoms with Gasteiger partial charge in [-0.1, -0.05) is 33.3 Å². The second kappa shape index (κ2) is 6.17. The van der Waals surface area contributed by atoms with Crippen molar-refractivity contribution in [1.82, 2.24) is 4.98 Å². The summed E-state index contributed by atoms with van der Waals surface area (Å²) in [5.41, 5.74) is 1.51. The molecular formula is C15H11BrN2OS2. The average molecular weight is 379 g/mol. The summed E-state index contributed by atoms with van der Waals surface area (Å²) in [7, 11) is 0. The molecule has 1 heterocycles. The monoisotopic (exact) mass is 378 g/mol. The molecule has 1 amide bonds. The van der Waals surface area contributed by atoms with E-state index in [9.17, 15) is 4.79 Å². The third kappa shape index (κ3) is 3.28. The molecule has 0 saturated carbocycles. The number of aromatic nitrogens is 1. The Bertz CT molecular complexity index is 816. The molecule has 0 aliphatic carbocycles. The van der Waals surface area contributed by atoms with Crippen molar-refractivity contribution in [3.05, 3.63) is 52.5 Å². The lowest BCUT2D eigenvalue weighted by Gasteiger charge is -2.01. The van der Waals surface area contributed by atoms with E-state index >= 15 is 0 Å². The van der Waals surface area contributed by atoms with E-state index in [1.807, 2.05) is 30.5 Å². The Kier molecular flexibility index (Phi) is 4.28. The normalized spacial score (nSPS) is 10.8. The van der Waals surface area contributed by atoms with Crippen molar-refractivity contribution in [3.8, 4) is 0 Å². The number of rotatable bonds is 3. The zero-order valence-corrected chi connectivity index (χ0v) is 14.3. The smallest absolute Gasteiger partial charge is 0.257 e. The molecule has 0 spiro atoms. The number of hydrogen-bond acceptors (Lipinski definition) is 4. The molecule has 3 nitrogen and oxygen atoms in total. The van der Waals surface area contributed by atoms with Crippen molar-refractivity contribution in [2.75, 3.05) is 11.6 Å². The first-order valence-electron chi connectivity index (χ1n) is 6.17. The minimum atomic E-state index is -0.152. The van der Waals surface area contributed by atoms with Gasteiger partial charge in [-0.3, -0.25) is 10.1 Å². The summed E-state index contributed by atoms with van der Waals surface area (Å²) in [6.07, 6.45) is 2.04. The Morgan fingerprint density at radius 3 is 2.90 bits per heavy atom. The zero-order valence-electron chi connectivity index (χ0n) is 11.1. The van der Waals surface area contributed by atoms with E-state index in [0.29, 0.717) is 10.7 Å². The Labute approximate surface area is 138 Å². The molecule has 0 aliphatic heterocycles. The van der Waals surface area contributed by atoms with Crippen LogP contribution in [0.15, 0.2) is 51.8 Å². The van der Waals surface area contributed by atoms with Gasteiger partial charge in [0.1, 0.15) is 0 Å². The van der Waals surface area contributed by atoms with Gasteiger partial charge in [0.05, 0.1) is 10.2 Å². The molecule has 3 rings (SSSR count). The summed E-state index contributed by atoms with van der Waals surface area (Å²) in [5.74, 6) is -0.152. The summed E-state index contributed by atoms with van der Waals surface area (Å²) in [6.45, 7) is 0. The number of halogens is 1. The predicted octanol–water partition coefficient (Wildman–Crippen LogP) is 5.03. The molecular weight excluding hydrogens is 368 g/mol. The van der Waals surface area contributed by atoms with Crippen molar-refractivity contribution < 1.29 is 4.79 Å². The third-order valence-electron chi connectivity index (χ3n) is 2.90. The van der Waals surface area contributed by atoms with E-state index in [2.05, 4.69) is 32.3 Å². The molecule has 21 heavy (non-hydrogen) atoms. The molecule has 1 N–H and O–H groups in total. The predicted molar refractivity (Wildman–Crippen MR) is 93.5 cm³/mol. The molecule has 0 aliphatic rings. The number of thiazole rings is 1. The van der Waals surface area contributed by atoms with E-state index in [0.717, 1.165) is 14.7 Å². The second-order valence-electron chi connectivity index (χ2n) is 4.32. The number of amides is 1. The molecule has 1 aromatic heterocycles. The first kappa shape index (κ1) is 14.6.